The van der Waals surface area contributed by atoms with Gasteiger partial charge in [-0.2, -0.15) is 0 Å². The van der Waals surface area contributed by atoms with Crippen LogP contribution in [0.1, 0.15) is 56.8 Å². The number of carboxylic acid groups (broad SMARTS) is 1. The number of aliphatic hydroxyl groups is 2. The molecule has 0 saturated heterocycles. The predicted molar refractivity (Wildman–Crippen MR) is 158 cm³/mol. The van der Waals surface area contributed by atoms with E-state index in [9.17, 15) is 28.6 Å². The maximum Gasteiger partial charge on any atom is 1.00 e. The van der Waals surface area contributed by atoms with Crippen molar-refractivity contribution in [2.75, 3.05) is 5.12 Å². The molecule has 4 rings (SSSR count). The van der Waals surface area contributed by atoms with Crippen LogP contribution in [0, 0.1) is 11.6 Å². The van der Waals surface area contributed by atoms with E-state index in [1.54, 1.807) is 36.6 Å². The molecule has 0 aliphatic carbocycles. The second-order valence-electron chi connectivity index (χ2n) is 10.6. The number of aliphatic carboxylic acids is 1. The Balaban J connectivity index is 0.00000353. The van der Waals surface area contributed by atoms with Crippen molar-refractivity contribution in [2.45, 2.75) is 57.8 Å². The first-order valence-corrected chi connectivity index (χ1v) is 13.9. The van der Waals surface area contributed by atoms with E-state index in [-0.39, 0.29) is 66.7 Å². The minimum absolute atomic E-state index is 0. The molecule has 4 aromatic rings. The zero-order valence-electron chi connectivity index (χ0n) is 25.8. The molecule has 2 atom stereocenters. The number of carbonyl (C=O) groups excluding carboxylic acids is 1. The van der Waals surface area contributed by atoms with Crippen LogP contribution in [0.4, 0.5) is 18.9 Å². The van der Waals surface area contributed by atoms with Gasteiger partial charge in [-0.1, -0.05) is 46.9 Å². The molecule has 0 unspecified atom stereocenters. The predicted octanol–water partition coefficient (Wildman–Crippen LogP) is 3.85. The summed E-state index contributed by atoms with van der Waals surface area (Å²) in [7, 11) is 0. The fourth-order valence-corrected chi connectivity index (χ4v) is 5.28. The number of benzene rings is 3. The van der Waals surface area contributed by atoms with Gasteiger partial charge < -0.3 is 21.3 Å². The monoisotopic (exact) mass is 618 g/mol. The van der Waals surface area contributed by atoms with E-state index >= 15 is 4.48 Å². The van der Waals surface area contributed by atoms with Gasteiger partial charge in [0.25, 0.3) is 0 Å². The number of carbonyl (C=O) groups is 2. The van der Waals surface area contributed by atoms with Crippen molar-refractivity contribution in [1.82, 2.24) is 4.57 Å². The van der Waals surface area contributed by atoms with E-state index in [4.69, 9.17) is 5.11 Å². The molecule has 1 amide bonds. The molecule has 44 heavy (non-hydrogen) atoms. The van der Waals surface area contributed by atoms with Crippen molar-refractivity contribution in [3.05, 3.63) is 102 Å². The van der Waals surface area contributed by atoms with E-state index in [1.165, 1.54) is 60.7 Å². The molecule has 0 bridgehead atoms. The number of hydrogen-bond acceptors (Lipinski definition) is 4. The third-order valence-corrected chi connectivity index (χ3v) is 7.12. The van der Waals surface area contributed by atoms with Crippen molar-refractivity contribution in [3.8, 4) is 22.3 Å². The number of anilines is 1. The van der Waals surface area contributed by atoms with Crippen molar-refractivity contribution in [3.63, 3.8) is 0 Å². The van der Waals surface area contributed by atoms with Gasteiger partial charge in [0.15, 0.2) is 0 Å². The van der Waals surface area contributed by atoms with Crippen molar-refractivity contribution < 1.29 is 69.2 Å². The van der Waals surface area contributed by atoms with Crippen LogP contribution in [0.5, 0.6) is 0 Å². The summed E-state index contributed by atoms with van der Waals surface area (Å²) in [4.78, 5) is 25.0. The normalized spacial score (nSPS) is 12.5. The van der Waals surface area contributed by atoms with Gasteiger partial charge in [0, 0.05) is 22.9 Å². The summed E-state index contributed by atoms with van der Waals surface area (Å²) in [5.74, 6) is -3.18. The van der Waals surface area contributed by atoms with Crippen LogP contribution >= 0.6 is 0 Å². The maximum atomic E-state index is 15.8. The third-order valence-electron chi connectivity index (χ3n) is 7.12. The van der Waals surface area contributed by atoms with E-state index in [0.717, 1.165) is 0 Å². The Labute approximate surface area is 277 Å². The summed E-state index contributed by atoms with van der Waals surface area (Å²) in [6.07, 6.45) is -2.88. The molecule has 0 radical (unpaired) electrons. The van der Waals surface area contributed by atoms with Gasteiger partial charge in [0.2, 0.25) is 0 Å². The molecular formula is C33H34F3N2NaO5. The number of carboxylic acids is 1. The molecule has 1 aromatic heterocycles. The van der Waals surface area contributed by atoms with E-state index in [1.807, 2.05) is 0 Å². The van der Waals surface area contributed by atoms with E-state index < -0.39 is 48.2 Å². The molecule has 3 aromatic carbocycles. The molecule has 0 saturated carbocycles. The Morgan fingerprint density at radius 2 is 1.36 bits per heavy atom. The Morgan fingerprint density at radius 3 is 1.86 bits per heavy atom. The second kappa shape index (κ2) is 15.5. The number of aromatic nitrogens is 1. The molecule has 3 N–H and O–H groups in total. The summed E-state index contributed by atoms with van der Waals surface area (Å²) in [5, 5.41) is 29.7. The molecule has 228 valence electrons. The van der Waals surface area contributed by atoms with Gasteiger partial charge in [0.1, 0.15) is 17.3 Å². The number of aliphatic hydroxyl groups excluding tert-OH is 2. The average molecular weight is 619 g/mol. The van der Waals surface area contributed by atoms with Gasteiger partial charge in [-0.15, -0.1) is 5.12 Å². The van der Waals surface area contributed by atoms with Gasteiger partial charge >= 0.3 is 41.4 Å². The number of rotatable bonds is 12. The third kappa shape index (κ3) is 8.19. The molecular weight excluding hydrogens is 584 g/mol. The number of para-hydroxylation sites is 1. The van der Waals surface area contributed by atoms with Gasteiger partial charge in [0.05, 0.1) is 24.3 Å². The number of hydrogen-bond donors (Lipinski definition) is 3. The van der Waals surface area contributed by atoms with Crippen LogP contribution in [-0.2, 0) is 11.2 Å². The first-order chi connectivity index (χ1) is 20.5. The molecule has 0 aliphatic heterocycles. The van der Waals surface area contributed by atoms with Crippen LogP contribution in [0.15, 0.2) is 78.9 Å². The van der Waals surface area contributed by atoms with Crippen LogP contribution in [-0.4, -0.2) is 44.0 Å². The minimum atomic E-state index is -1.26. The van der Waals surface area contributed by atoms with Gasteiger partial charge in [-0.05, 0) is 80.6 Å². The average Bonchev–Trinajstić information content (AvgIpc) is 3.31. The van der Waals surface area contributed by atoms with Crippen molar-refractivity contribution >= 4 is 17.6 Å². The quantitative estimate of drug-likeness (QED) is 0.165. The molecule has 0 aliphatic rings. The van der Waals surface area contributed by atoms with Crippen LogP contribution < -0.4 is 34.7 Å². The molecule has 0 fully saturated rings. The van der Waals surface area contributed by atoms with E-state index in [0.29, 0.717) is 27.9 Å². The summed E-state index contributed by atoms with van der Waals surface area (Å²) >= 11 is 0. The Morgan fingerprint density at radius 1 is 0.841 bits per heavy atom. The fraction of sp³-hybridized carbons (Fsp3) is 0.273. The summed E-state index contributed by atoms with van der Waals surface area (Å²) in [6, 6.07) is 18.3. The smallest absolute Gasteiger partial charge is 1.00 e. The molecule has 7 nitrogen and oxygen atoms in total. The Kier molecular flexibility index (Phi) is 12.4. The van der Waals surface area contributed by atoms with Crippen LogP contribution in [0.25, 0.3) is 22.3 Å². The Hall–Kier alpha value is -3.41. The topological polar surface area (TPSA) is 103 Å². The first kappa shape index (κ1) is 35.1. The summed E-state index contributed by atoms with van der Waals surface area (Å²) in [5.41, 5.74) is 2.21. The van der Waals surface area contributed by atoms with Crippen LogP contribution in [0.2, 0.25) is 0 Å². The maximum absolute atomic E-state index is 15.8. The Bertz CT molecular complexity index is 1570. The fourth-order valence-electron chi connectivity index (χ4n) is 5.28. The van der Waals surface area contributed by atoms with Crippen LogP contribution in [0.3, 0.4) is 0 Å². The first-order valence-electron chi connectivity index (χ1n) is 13.9. The standard InChI is InChI=1S/C33H33F3N2O5.Na.H/c1-20(2)37-28(17-16-26(39)18-27(40)19-29(41)42)30(21-8-12-23(34)13-9-21)31(22-10-14-24(35)15-11-22)32(37)33(43)38(36)25-6-4-3-5-7-25;;/h3-15,20,26-27,39-40H,16-19H2,1-2H3,(H,41,42);;/q;+1;-1/t26-,27-;;/m1../s1. The number of amides is 1. The van der Waals surface area contributed by atoms with Gasteiger partial charge in [-0.3, -0.25) is 9.59 Å². The second-order valence-corrected chi connectivity index (χ2v) is 10.6. The summed E-state index contributed by atoms with van der Waals surface area (Å²) in [6.45, 7) is 3.61. The minimum Gasteiger partial charge on any atom is -1.00 e. The zero-order chi connectivity index (χ0) is 31.3. The summed E-state index contributed by atoms with van der Waals surface area (Å²) < 4.78 is 45.5. The largest absolute Gasteiger partial charge is 1.00 e. The van der Waals surface area contributed by atoms with Gasteiger partial charge in [-0.25, -0.2) is 8.78 Å². The molecule has 0 spiro atoms. The van der Waals surface area contributed by atoms with E-state index in [2.05, 4.69) is 0 Å². The molecule has 11 heteroatoms. The number of halogens is 3. The zero-order valence-corrected chi connectivity index (χ0v) is 26.8. The molecule has 1 heterocycles. The van der Waals surface area contributed by atoms with Crippen molar-refractivity contribution in [1.29, 1.82) is 0 Å². The van der Waals surface area contributed by atoms with Crippen molar-refractivity contribution in [2.24, 2.45) is 0 Å². The number of nitrogens with zero attached hydrogens (tertiary/aromatic N) is 2. The SMILES string of the molecule is CC(C)n1c(CC[C@@H](O)C[C@@H](O)CC(=O)O)c(-c2ccc(F)cc2)c(-c2ccc(F)cc2)c1C(=O)N(F)c1ccccc1.[H-].[Na+].